The van der Waals surface area contributed by atoms with E-state index in [1.165, 1.54) is 0 Å². The van der Waals surface area contributed by atoms with Crippen LogP contribution in [0.3, 0.4) is 0 Å². The Labute approximate surface area is 265 Å². The maximum Gasteiger partial charge on any atom is 0.324 e. The summed E-state index contributed by atoms with van der Waals surface area (Å²) in [4.78, 5) is 27.7. The van der Waals surface area contributed by atoms with Crippen LogP contribution in [-0.2, 0) is 5.41 Å². The van der Waals surface area contributed by atoms with Gasteiger partial charge >= 0.3 is 6.03 Å². The van der Waals surface area contributed by atoms with Crippen LogP contribution < -0.4 is 25.4 Å². The molecule has 2 heterocycles. The molecule has 3 N–H and O–H groups in total. The Hall–Kier alpha value is -4.63. The van der Waals surface area contributed by atoms with E-state index in [0.717, 1.165) is 48.4 Å². The number of aryl methyl sites for hydroxylation is 1. The van der Waals surface area contributed by atoms with Gasteiger partial charge in [0.1, 0.15) is 5.82 Å². The van der Waals surface area contributed by atoms with Gasteiger partial charge in [-0.15, -0.1) is 0 Å². The molecule has 9 nitrogen and oxygen atoms in total. The average Bonchev–Trinajstić information content (AvgIpc) is 3.46. The number of rotatable bonds is 9. The maximum atomic E-state index is 14.3. The first-order chi connectivity index (χ1) is 21.6. The second kappa shape index (κ2) is 13.6. The molecule has 1 fully saturated rings. The minimum Gasteiger partial charge on any atom is -0.493 e. The molecule has 236 valence electrons. The summed E-state index contributed by atoms with van der Waals surface area (Å²) in [5.41, 5.74) is 4.55. The minimum absolute atomic E-state index is 0.0315. The number of para-hydroxylation sites is 1. The Morgan fingerprint density at radius 1 is 0.933 bits per heavy atom. The number of aromatic nitrogens is 2. The second-order valence-corrected chi connectivity index (χ2v) is 12.6. The topological polar surface area (TPSA) is 107 Å². The van der Waals surface area contributed by atoms with E-state index in [1.54, 1.807) is 31.0 Å². The first-order valence-electron chi connectivity index (χ1n) is 15.4. The van der Waals surface area contributed by atoms with Gasteiger partial charge in [-0.1, -0.05) is 56.7 Å². The molecular formula is C36H43N5O4. The van der Waals surface area contributed by atoms with Crippen molar-refractivity contribution in [3.63, 3.8) is 0 Å². The van der Waals surface area contributed by atoms with Gasteiger partial charge in [-0.05, 0) is 80.7 Å². The zero-order chi connectivity index (χ0) is 32.1. The van der Waals surface area contributed by atoms with Gasteiger partial charge in [-0.2, -0.15) is 5.10 Å². The first-order valence-corrected chi connectivity index (χ1v) is 15.4. The molecule has 5 rings (SSSR count). The van der Waals surface area contributed by atoms with Crippen LogP contribution in [0.15, 0.2) is 72.8 Å². The van der Waals surface area contributed by atoms with E-state index in [9.17, 15) is 9.59 Å². The molecule has 9 heteroatoms. The molecule has 45 heavy (non-hydrogen) atoms. The largest absolute Gasteiger partial charge is 0.493 e. The minimum atomic E-state index is -0.421. The Morgan fingerprint density at radius 3 is 2.31 bits per heavy atom. The number of piperidine rings is 1. The van der Waals surface area contributed by atoms with Crippen LogP contribution in [0.4, 0.5) is 16.3 Å². The lowest BCUT2D eigenvalue weighted by atomic mass is 9.76. The van der Waals surface area contributed by atoms with E-state index in [0.29, 0.717) is 28.6 Å². The lowest BCUT2D eigenvalue weighted by Gasteiger charge is -2.31. The van der Waals surface area contributed by atoms with Crippen molar-refractivity contribution in [3.8, 4) is 17.2 Å². The van der Waals surface area contributed by atoms with E-state index in [1.807, 2.05) is 67.6 Å². The Morgan fingerprint density at radius 2 is 1.64 bits per heavy atom. The van der Waals surface area contributed by atoms with Gasteiger partial charge in [0.25, 0.3) is 0 Å². The van der Waals surface area contributed by atoms with Crippen molar-refractivity contribution in [2.75, 3.05) is 37.9 Å². The standard InChI is InChI=1S/C36H43N5O4/c1-23-13-15-27(16-14-23)41-31(22-30(40-41)36(2,3)4)39-35(43)38-26-10-7-9-25(21-26)32(24-17-19-37-20-18-24)33(42)28-11-8-12-29(44-5)34(28)45-6/h7-16,21-22,24,32,37H,17-20H2,1-6H3,(H2,38,39,43). The average molecular weight is 610 g/mol. The summed E-state index contributed by atoms with van der Waals surface area (Å²) in [5, 5.41) is 14.2. The van der Waals surface area contributed by atoms with Crippen LogP contribution >= 0.6 is 0 Å². The number of urea groups is 1. The fourth-order valence-corrected chi connectivity index (χ4v) is 5.87. The number of hydrogen-bond acceptors (Lipinski definition) is 6. The second-order valence-electron chi connectivity index (χ2n) is 12.6. The SMILES string of the molecule is COc1cccc(C(=O)C(c2cccc(NC(=O)Nc3cc(C(C)(C)C)nn3-c3ccc(C)cc3)c2)C2CCNCC2)c1OC. The third kappa shape index (κ3) is 7.20. The number of carbonyl (C=O) groups excluding carboxylic acids is 2. The van der Waals surface area contributed by atoms with Crippen LogP contribution in [-0.4, -0.2) is 48.9 Å². The third-order valence-electron chi connectivity index (χ3n) is 8.31. The van der Waals surface area contributed by atoms with E-state index in [4.69, 9.17) is 14.6 Å². The van der Waals surface area contributed by atoms with Crippen molar-refractivity contribution in [3.05, 3.63) is 95.2 Å². The zero-order valence-electron chi connectivity index (χ0n) is 26.9. The van der Waals surface area contributed by atoms with Gasteiger partial charge in [0.05, 0.1) is 37.1 Å². The van der Waals surface area contributed by atoms with Crippen LogP contribution in [0.2, 0.25) is 0 Å². The third-order valence-corrected chi connectivity index (χ3v) is 8.31. The first kappa shape index (κ1) is 31.8. The van der Waals surface area contributed by atoms with Gasteiger partial charge in [0.15, 0.2) is 17.3 Å². The number of nitrogens with zero attached hydrogens (tertiary/aromatic N) is 2. The number of anilines is 2. The lowest BCUT2D eigenvalue weighted by molar-refractivity contribution is 0.0912. The molecule has 1 saturated heterocycles. The Kier molecular flexibility index (Phi) is 9.58. The maximum absolute atomic E-state index is 14.3. The molecule has 1 aliphatic rings. The summed E-state index contributed by atoms with van der Waals surface area (Å²) in [5.74, 6) is 1.17. The van der Waals surface area contributed by atoms with E-state index in [2.05, 4.69) is 36.7 Å². The van der Waals surface area contributed by atoms with Gasteiger partial charge < -0.3 is 20.1 Å². The van der Waals surface area contributed by atoms with Gasteiger partial charge in [-0.25, -0.2) is 9.48 Å². The Bertz CT molecular complexity index is 1650. The monoisotopic (exact) mass is 609 g/mol. The highest BCUT2D eigenvalue weighted by Crippen LogP contribution is 2.39. The molecule has 2 amide bonds. The summed E-state index contributed by atoms with van der Waals surface area (Å²) >= 11 is 0. The summed E-state index contributed by atoms with van der Waals surface area (Å²) < 4.78 is 12.9. The molecular weight excluding hydrogens is 566 g/mol. The Balaban J connectivity index is 1.43. The van der Waals surface area contributed by atoms with Gasteiger partial charge in [-0.3, -0.25) is 10.1 Å². The molecule has 3 aromatic carbocycles. The summed E-state index contributed by atoms with van der Waals surface area (Å²) in [6.07, 6.45) is 1.72. The van der Waals surface area contributed by atoms with Gasteiger partial charge in [0.2, 0.25) is 0 Å². The molecule has 0 radical (unpaired) electrons. The van der Waals surface area contributed by atoms with Crippen molar-refractivity contribution >= 4 is 23.3 Å². The summed E-state index contributed by atoms with van der Waals surface area (Å²) in [6.45, 7) is 9.98. The fraction of sp³-hybridized carbons (Fsp3) is 0.361. The van der Waals surface area contributed by atoms with Crippen molar-refractivity contribution < 1.29 is 19.1 Å². The number of ketones is 1. The number of Topliss-reactive ketones (excluding diaryl/α,β-unsaturated/α-hetero) is 1. The molecule has 1 aromatic heterocycles. The van der Waals surface area contributed by atoms with Gasteiger partial charge in [0, 0.05) is 17.2 Å². The van der Waals surface area contributed by atoms with E-state index >= 15 is 0 Å². The van der Waals surface area contributed by atoms with Crippen molar-refractivity contribution in [1.29, 1.82) is 0 Å². The zero-order valence-corrected chi connectivity index (χ0v) is 26.9. The van der Waals surface area contributed by atoms with Crippen LogP contribution in [0.1, 0.15) is 66.7 Å². The highest BCUT2D eigenvalue weighted by atomic mass is 16.5. The van der Waals surface area contributed by atoms with Crippen LogP contribution in [0, 0.1) is 12.8 Å². The highest BCUT2D eigenvalue weighted by Gasteiger charge is 2.34. The number of ether oxygens (including phenoxy) is 2. The summed E-state index contributed by atoms with van der Waals surface area (Å²) in [6, 6.07) is 22.5. The number of nitrogens with one attached hydrogen (secondary N) is 3. The van der Waals surface area contributed by atoms with Crippen molar-refractivity contribution in [2.24, 2.45) is 5.92 Å². The van der Waals surface area contributed by atoms with Crippen LogP contribution in [0.5, 0.6) is 11.5 Å². The smallest absolute Gasteiger partial charge is 0.324 e. The number of carbonyl (C=O) groups is 2. The molecule has 0 aliphatic carbocycles. The van der Waals surface area contributed by atoms with Crippen LogP contribution in [0.25, 0.3) is 5.69 Å². The molecule has 1 atom stereocenters. The molecule has 0 saturated carbocycles. The molecule has 0 spiro atoms. The lowest BCUT2D eigenvalue weighted by Crippen LogP contribution is -2.34. The number of amides is 2. The predicted molar refractivity (Wildman–Crippen MR) is 178 cm³/mol. The normalized spacial score (nSPS) is 14.4. The highest BCUT2D eigenvalue weighted by molar-refractivity contribution is 6.04. The predicted octanol–water partition coefficient (Wildman–Crippen LogP) is 7.11. The fourth-order valence-electron chi connectivity index (χ4n) is 5.87. The number of hydrogen-bond donors (Lipinski definition) is 3. The molecule has 1 aliphatic heterocycles. The van der Waals surface area contributed by atoms with E-state index in [-0.39, 0.29) is 17.1 Å². The number of benzene rings is 3. The van der Waals surface area contributed by atoms with Crippen molar-refractivity contribution in [1.82, 2.24) is 15.1 Å². The van der Waals surface area contributed by atoms with E-state index < -0.39 is 11.9 Å². The molecule has 0 bridgehead atoms. The van der Waals surface area contributed by atoms with Crippen molar-refractivity contribution in [2.45, 2.75) is 51.9 Å². The molecule has 1 unspecified atom stereocenters. The molecule has 4 aromatic rings. The summed E-state index contributed by atoms with van der Waals surface area (Å²) in [7, 11) is 3.11. The number of methoxy groups -OCH3 is 2. The quantitative estimate of drug-likeness (QED) is 0.175.